The molecular weight excluding hydrogens is 324 g/mol. The fraction of sp³-hybridized carbons (Fsp3) is 0.571. The van der Waals surface area contributed by atoms with Crippen LogP contribution in [0.3, 0.4) is 0 Å². The van der Waals surface area contributed by atoms with Crippen LogP contribution in [-0.4, -0.2) is 45.7 Å². The predicted molar refractivity (Wildman–Crippen MR) is 70.6 cm³/mol. The SMILES string of the molecule is O=C(ON1C(=O)CCC1=O)C1CCC1C(=O)ON1C(=O)CCC1=O. The van der Waals surface area contributed by atoms with Crippen LogP contribution >= 0.6 is 0 Å². The molecule has 4 amide bonds. The molecule has 2 atom stereocenters. The average molecular weight is 338 g/mol. The summed E-state index contributed by atoms with van der Waals surface area (Å²) in [4.78, 5) is 79.3. The molecule has 10 nitrogen and oxygen atoms in total. The van der Waals surface area contributed by atoms with Crippen molar-refractivity contribution in [1.29, 1.82) is 0 Å². The Morgan fingerprint density at radius 3 is 1.21 bits per heavy atom. The maximum Gasteiger partial charge on any atom is 0.337 e. The van der Waals surface area contributed by atoms with Crippen molar-refractivity contribution in [2.24, 2.45) is 11.8 Å². The number of hydrogen-bond donors (Lipinski definition) is 0. The Labute approximate surface area is 135 Å². The van der Waals surface area contributed by atoms with Crippen LogP contribution in [0, 0.1) is 11.8 Å². The van der Waals surface area contributed by atoms with E-state index in [9.17, 15) is 28.8 Å². The Bertz CT molecular complexity index is 569. The maximum atomic E-state index is 12.0. The number of carbonyl (C=O) groups excluding carboxylic acids is 6. The van der Waals surface area contributed by atoms with Crippen LogP contribution in [0.4, 0.5) is 0 Å². The van der Waals surface area contributed by atoms with Gasteiger partial charge in [0.2, 0.25) is 0 Å². The third kappa shape index (κ3) is 2.74. The largest absolute Gasteiger partial charge is 0.337 e. The smallest absolute Gasteiger partial charge is 0.330 e. The summed E-state index contributed by atoms with van der Waals surface area (Å²) in [6.45, 7) is 0. The summed E-state index contributed by atoms with van der Waals surface area (Å²) < 4.78 is 0. The average Bonchev–Trinajstić information content (AvgIpc) is 2.96. The van der Waals surface area contributed by atoms with Gasteiger partial charge < -0.3 is 9.68 Å². The maximum absolute atomic E-state index is 12.0. The lowest BCUT2D eigenvalue weighted by Crippen LogP contribution is -2.45. The number of hydroxylamine groups is 4. The van der Waals surface area contributed by atoms with Crippen molar-refractivity contribution in [2.75, 3.05) is 0 Å². The zero-order valence-corrected chi connectivity index (χ0v) is 12.6. The molecule has 1 saturated carbocycles. The molecule has 2 unspecified atom stereocenters. The number of nitrogens with zero attached hydrogens (tertiary/aromatic N) is 2. The fourth-order valence-electron chi connectivity index (χ4n) is 2.70. The van der Waals surface area contributed by atoms with Crippen LogP contribution in [0.25, 0.3) is 0 Å². The lowest BCUT2D eigenvalue weighted by Gasteiger charge is -2.33. The molecule has 0 N–H and O–H groups in total. The molecule has 0 radical (unpaired) electrons. The van der Waals surface area contributed by atoms with Gasteiger partial charge in [0.05, 0.1) is 11.8 Å². The van der Waals surface area contributed by atoms with Crippen LogP contribution in [0.1, 0.15) is 38.5 Å². The summed E-state index contributed by atoms with van der Waals surface area (Å²) in [5.74, 6) is -5.98. The van der Waals surface area contributed by atoms with Crippen molar-refractivity contribution in [2.45, 2.75) is 38.5 Å². The van der Waals surface area contributed by atoms with Crippen molar-refractivity contribution in [3.05, 3.63) is 0 Å². The molecule has 24 heavy (non-hydrogen) atoms. The Morgan fingerprint density at radius 2 is 0.958 bits per heavy atom. The van der Waals surface area contributed by atoms with Gasteiger partial charge in [-0.25, -0.2) is 9.59 Å². The Balaban J connectivity index is 1.57. The first kappa shape index (κ1) is 16.1. The highest BCUT2D eigenvalue weighted by Crippen LogP contribution is 2.37. The Kier molecular flexibility index (Phi) is 4.04. The molecule has 2 saturated heterocycles. The van der Waals surface area contributed by atoms with E-state index in [1.165, 1.54) is 0 Å². The second kappa shape index (κ2) is 6.02. The van der Waals surface area contributed by atoms with Crippen LogP contribution < -0.4 is 0 Å². The van der Waals surface area contributed by atoms with E-state index in [-0.39, 0.29) is 25.7 Å². The van der Waals surface area contributed by atoms with E-state index < -0.39 is 47.4 Å². The summed E-state index contributed by atoms with van der Waals surface area (Å²) in [6.07, 6.45) is 0.527. The second-order valence-corrected chi connectivity index (χ2v) is 5.77. The van der Waals surface area contributed by atoms with Crippen molar-refractivity contribution in [1.82, 2.24) is 10.1 Å². The van der Waals surface area contributed by atoms with Crippen LogP contribution in [0.15, 0.2) is 0 Å². The summed E-state index contributed by atoms with van der Waals surface area (Å²) in [5.41, 5.74) is 0. The number of imide groups is 2. The molecule has 0 aromatic rings. The molecule has 3 rings (SSSR count). The second-order valence-electron chi connectivity index (χ2n) is 5.77. The van der Waals surface area contributed by atoms with Gasteiger partial charge >= 0.3 is 11.9 Å². The Hall–Kier alpha value is -2.78. The Morgan fingerprint density at radius 1 is 0.667 bits per heavy atom. The molecular formula is C14H14N2O8. The summed E-state index contributed by atoms with van der Waals surface area (Å²) >= 11 is 0. The molecule has 128 valence electrons. The van der Waals surface area contributed by atoms with Crippen LogP contribution in [0.5, 0.6) is 0 Å². The zero-order chi connectivity index (χ0) is 17.4. The van der Waals surface area contributed by atoms with Crippen LogP contribution in [0.2, 0.25) is 0 Å². The van der Waals surface area contributed by atoms with E-state index in [0.717, 1.165) is 0 Å². The van der Waals surface area contributed by atoms with Gasteiger partial charge in [-0.3, -0.25) is 19.2 Å². The third-order valence-corrected chi connectivity index (χ3v) is 4.25. The van der Waals surface area contributed by atoms with E-state index in [1.54, 1.807) is 0 Å². The summed E-state index contributed by atoms with van der Waals surface area (Å²) in [6, 6.07) is 0. The highest BCUT2D eigenvalue weighted by Gasteiger charge is 2.47. The normalized spacial score (nSPS) is 26.7. The zero-order valence-electron chi connectivity index (χ0n) is 12.6. The van der Waals surface area contributed by atoms with Gasteiger partial charge in [-0.2, -0.15) is 0 Å². The molecule has 0 bridgehead atoms. The van der Waals surface area contributed by atoms with Gasteiger partial charge in [-0.05, 0) is 12.8 Å². The minimum atomic E-state index is -0.883. The lowest BCUT2D eigenvalue weighted by atomic mass is 9.74. The van der Waals surface area contributed by atoms with E-state index >= 15 is 0 Å². The lowest BCUT2D eigenvalue weighted by molar-refractivity contribution is -0.213. The molecule has 3 aliphatic rings. The number of hydrogen-bond acceptors (Lipinski definition) is 8. The van der Waals surface area contributed by atoms with Gasteiger partial charge in [-0.15, -0.1) is 10.1 Å². The molecule has 0 spiro atoms. The van der Waals surface area contributed by atoms with E-state index in [0.29, 0.717) is 23.0 Å². The molecule has 10 heteroatoms. The first-order valence-electron chi connectivity index (χ1n) is 7.53. The third-order valence-electron chi connectivity index (χ3n) is 4.25. The van der Waals surface area contributed by atoms with Gasteiger partial charge in [-0.1, -0.05) is 0 Å². The first-order valence-corrected chi connectivity index (χ1v) is 7.53. The quantitative estimate of drug-likeness (QED) is 0.611. The van der Waals surface area contributed by atoms with Crippen molar-refractivity contribution >= 4 is 35.6 Å². The van der Waals surface area contributed by atoms with Gasteiger partial charge in [0.25, 0.3) is 23.6 Å². The minimum Gasteiger partial charge on any atom is -0.330 e. The van der Waals surface area contributed by atoms with E-state index in [4.69, 9.17) is 9.68 Å². The van der Waals surface area contributed by atoms with Crippen molar-refractivity contribution in [3.8, 4) is 0 Å². The number of amides is 4. The van der Waals surface area contributed by atoms with Gasteiger partial charge in [0.1, 0.15) is 0 Å². The molecule has 2 aliphatic heterocycles. The van der Waals surface area contributed by atoms with Crippen LogP contribution in [-0.2, 0) is 38.4 Å². The van der Waals surface area contributed by atoms with Gasteiger partial charge in [0, 0.05) is 25.7 Å². The van der Waals surface area contributed by atoms with Gasteiger partial charge in [0.15, 0.2) is 0 Å². The van der Waals surface area contributed by atoms with Crippen molar-refractivity contribution in [3.63, 3.8) is 0 Å². The van der Waals surface area contributed by atoms with Crippen molar-refractivity contribution < 1.29 is 38.4 Å². The summed E-state index contributed by atoms with van der Waals surface area (Å²) in [7, 11) is 0. The first-order chi connectivity index (χ1) is 11.4. The highest BCUT2D eigenvalue weighted by molar-refractivity contribution is 6.02. The topological polar surface area (TPSA) is 127 Å². The molecule has 3 fully saturated rings. The number of rotatable bonds is 4. The standard InChI is InChI=1S/C14H14N2O8/c17-9-3-4-10(18)15(9)23-13(21)7-1-2-8(7)14(22)24-16-11(19)5-6-12(16)20/h7-8H,1-6H2. The monoisotopic (exact) mass is 338 g/mol. The molecule has 2 heterocycles. The molecule has 0 aromatic heterocycles. The van der Waals surface area contributed by atoms with E-state index in [2.05, 4.69) is 0 Å². The highest BCUT2D eigenvalue weighted by atomic mass is 16.7. The fourth-order valence-corrected chi connectivity index (χ4v) is 2.70. The molecule has 0 aromatic carbocycles. The minimum absolute atomic E-state index is 0.0264. The molecule has 1 aliphatic carbocycles. The predicted octanol–water partition coefficient (Wildman–Crippen LogP) is -0.773. The van der Waals surface area contributed by atoms with E-state index in [1.807, 2.05) is 0 Å². The number of carbonyl (C=O) groups is 6. The summed E-state index contributed by atoms with van der Waals surface area (Å²) in [5, 5.41) is 0.827.